The maximum Gasteiger partial charge on any atom is 0.138 e. The van der Waals surface area contributed by atoms with Crippen LogP contribution in [0.2, 0.25) is 0 Å². The first-order valence-electron chi connectivity index (χ1n) is 7.61. The summed E-state index contributed by atoms with van der Waals surface area (Å²) in [5.74, 6) is 2.72. The minimum atomic E-state index is 0.219. The van der Waals surface area contributed by atoms with Crippen molar-refractivity contribution >= 4 is 0 Å². The molecule has 0 saturated heterocycles. The second-order valence-electron chi connectivity index (χ2n) is 6.78. The van der Waals surface area contributed by atoms with Gasteiger partial charge in [-0.25, -0.2) is 4.98 Å². The molecule has 1 aromatic rings. The van der Waals surface area contributed by atoms with Gasteiger partial charge in [0.05, 0.1) is 0 Å². The average Bonchev–Trinajstić information content (AvgIpc) is 2.95. The summed E-state index contributed by atoms with van der Waals surface area (Å²) in [6, 6.07) is 0. The predicted octanol–water partition coefficient (Wildman–Crippen LogP) is 2.64. The van der Waals surface area contributed by atoms with E-state index in [0.717, 1.165) is 37.2 Å². The van der Waals surface area contributed by atoms with E-state index < -0.39 is 0 Å². The summed E-state index contributed by atoms with van der Waals surface area (Å²) in [6.07, 6.45) is 6.84. The quantitative estimate of drug-likeness (QED) is 0.889. The van der Waals surface area contributed by atoms with Crippen molar-refractivity contribution in [1.82, 2.24) is 20.1 Å². The highest BCUT2D eigenvalue weighted by Crippen LogP contribution is 2.33. The van der Waals surface area contributed by atoms with Gasteiger partial charge in [0.2, 0.25) is 0 Å². The Kier molecular flexibility index (Phi) is 4.61. The largest absolute Gasteiger partial charge is 0.312 e. The molecule has 19 heavy (non-hydrogen) atoms. The molecule has 0 aromatic carbocycles. The van der Waals surface area contributed by atoms with Crippen LogP contribution in [0, 0.1) is 11.8 Å². The monoisotopic (exact) mass is 264 g/mol. The molecule has 1 saturated carbocycles. The van der Waals surface area contributed by atoms with Crippen LogP contribution in [0.1, 0.15) is 52.8 Å². The van der Waals surface area contributed by atoms with Gasteiger partial charge in [-0.3, -0.25) is 4.68 Å². The van der Waals surface area contributed by atoms with Crippen LogP contribution in [-0.2, 0) is 13.0 Å². The Balaban J connectivity index is 1.92. The first-order valence-corrected chi connectivity index (χ1v) is 7.61. The van der Waals surface area contributed by atoms with Crippen LogP contribution in [0.15, 0.2) is 6.33 Å². The van der Waals surface area contributed by atoms with Crippen molar-refractivity contribution in [3.05, 3.63) is 12.2 Å². The van der Waals surface area contributed by atoms with E-state index in [4.69, 9.17) is 0 Å². The molecule has 1 N–H and O–H groups in total. The lowest BCUT2D eigenvalue weighted by Crippen LogP contribution is -2.40. The van der Waals surface area contributed by atoms with E-state index in [1.807, 2.05) is 4.68 Å². The Labute approximate surface area is 117 Å². The van der Waals surface area contributed by atoms with Crippen LogP contribution in [0.3, 0.4) is 0 Å². The Morgan fingerprint density at radius 3 is 2.74 bits per heavy atom. The third-order valence-corrected chi connectivity index (χ3v) is 4.15. The average molecular weight is 264 g/mol. The predicted molar refractivity (Wildman–Crippen MR) is 78.0 cm³/mol. The van der Waals surface area contributed by atoms with Gasteiger partial charge in [0.15, 0.2) is 0 Å². The number of hydrogen-bond acceptors (Lipinski definition) is 3. The normalized spacial score (nSPS) is 24.0. The molecule has 2 rings (SSSR count). The zero-order valence-corrected chi connectivity index (χ0v) is 12.8. The summed E-state index contributed by atoms with van der Waals surface area (Å²) < 4.78 is 2.03. The Bertz CT molecular complexity index is 391. The van der Waals surface area contributed by atoms with Crippen molar-refractivity contribution in [3.63, 3.8) is 0 Å². The Hall–Kier alpha value is -0.900. The van der Waals surface area contributed by atoms with Gasteiger partial charge in [0, 0.05) is 18.5 Å². The standard InChI is InChI=1S/C15H28N4/c1-5-19-14(16-11-18-19)9-12-7-6-8-13(12)10-17-15(2,3)4/h11-13,17H,5-10H2,1-4H3. The third kappa shape index (κ3) is 4.03. The molecule has 0 aliphatic heterocycles. The van der Waals surface area contributed by atoms with E-state index in [1.165, 1.54) is 19.3 Å². The molecule has 1 aromatic heterocycles. The summed E-state index contributed by atoms with van der Waals surface area (Å²) in [5, 5.41) is 7.94. The molecular formula is C15H28N4. The number of nitrogens with zero attached hydrogens (tertiary/aromatic N) is 3. The minimum absolute atomic E-state index is 0.219. The molecule has 1 heterocycles. The van der Waals surface area contributed by atoms with Crippen molar-refractivity contribution in [1.29, 1.82) is 0 Å². The first-order chi connectivity index (χ1) is 8.99. The third-order valence-electron chi connectivity index (χ3n) is 4.15. The van der Waals surface area contributed by atoms with Gasteiger partial charge in [-0.1, -0.05) is 6.42 Å². The van der Waals surface area contributed by atoms with Gasteiger partial charge >= 0.3 is 0 Å². The highest BCUT2D eigenvalue weighted by molar-refractivity contribution is 4.92. The lowest BCUT2D eigenvalue weighted by Gasteiger charge is -2.26. The molecule has 0 bridgehead atoms. The van der Waals surface area contributed by atoms with E-state index in [9.17, 15) is 0 Å². The number of aryl methyl sites for hydroxylation is 1. The van der Waals surface area contributed by atoms with E-state index in [-0.39, 0.29) is 5.54 Å². The van der Waals surface area contributed by atoms with Crippen molar-refractivity contribution in [3.8, 4) is 0 Å². The molecule has 108 valence electrons. The molecule has 0 spiro atoms. The SMILES string of the molecule is CCn1ncnc1CC1CCCC1CNC(C)(C)C. The van der Waals surface area contributed by atoms with Crippen LogP contribution in [0.25, 0.3) is 0 Å². The van der Waals surface area contributed by atoms with Crippen molar-refractivity contribution in [2.75, 3.05) is 6.54 Å². The number of aromatic nitrogens is 3. The zero-order chi connectivity index (χ0) is 13.9. The number of rotatable bonds is 5. The van der Waals surface area contributed by atoms with Crippen molar-refractivity contribution in [2.45, 2.75) is 65.5 Å². The molecule has 4 nitrogen and oxygen atoms in total. The second kappa shape index (κ2) is 6.04. The second-order valence-corrected chi connectivity index (χ2v) is 6.78. The zero-order valence-electron chi connectivity index (χ0n) is 12.8. The summed E-state index contributed by atoms with van der Waals surface area (Å²) in [6.45, 7) is 10.9. The van der Waals surface area contributed by atoms with Crippen LogP contribution >= 0.6 is 0 Å². The Morgan fingerprint density at radius 1 is 1.32 bits per heavy atom. The van der Waals surface area contributed by atoms with Gasteiger partial charge in [0.1, 0.15) is 12.2 Å². The lowest BCUT2D eigenvalue weighted by molar-refractivity contribution is 0.312. The van der Waals surface area contributed by atoms with Gasteiger partial charge in [-0.05, 0) is 58.9 Å². The molecule has 2 atom stereocenters. The minimum Gasteiger partial charge on any atom is -0.312 e. The molecule has 2 unspecified atom stereocenters. The summed E-state index contributed by atoms with van der Waals surface area (Å²) in [4.78, 5) is 4.43. The number of nitrogens with one attached hydrogen (secondary N) is 1. The highest BCUT2D eigenvalue weighted by atomic mass is 15.3. The summed E-state index contributed by atoms with van der Waals surface area (Å²) in [7, 11) is 0. The van der Waals surface area contributed by atoms with E-state index in [1.54, 1.807) is 6.33 Å². The van der Waals surface area contributed by atoms with E-state index >= 15 is 0 Å². The molecule has 1 aliphatic rings. The fourth-order valence-corrected chi connectivity index (χ4v) is 3.03. The smallest absolute Gasteiger partial charge is 0.138 e. The van der Waals surface area contributed by atoms with Gasteiger partial charge in [-0.2, -0.15) is 5.10 Å². The van der Waals surface area contributed by atoms with Gasteiger partial charge in [-0.15, -0.1) is 0 Å². The lowest BCUT2D eigenvalue weighted by atomic mass is 9.91. The van der Waals surface area contributed by atoms with Crippen LogP contribution < -0.4 is 5.32 Å². The first kappa shape index (κ1) is 14.5. The van der Waals surface area contributed by atoms with Crippen molar-refractivity contribution < 1.29 is 0 Å². The molecule has 0 amide bonds. The fourth-order valence-electron chi connectivity index (χ4n) is 3.03. The summed E-state index contributed by atoms with van der Waals surface area (Å²) in [5.41, 5.74) is 0.219. The molecular weight excluding hydrogens is 236 g/mol. The van der Waals surface area contributed by atoms with Crippen molar-refractivity contribution in [2.24, 2.45) is 11.8 Å². The Morgan fingerprint density at radius 2 is 2.05 bits per heavy atom. The molecule has 4 heteroatoms. The van der Waals surface area contributed by atoms with E-state index in [0.29, 0.717) is 0 Å². The van der Waals surface area contributed by atoms with Gasteiger partial charge in [0.25, 0.3) is 0 Å². The topological polar surface area (TPSA) is 42.7 Å². The molecule has 1 aliphatic carbocycles. The van der Waals surface area contributed by atoms with Crippen LogP contribution in [0.4, 0.5) is 0 Å². The summed E-state index contributed by atoms with van der Waals surface area (Å²) >= 11 is 0. The molecule has 0 radical (unpaired) electrons. The fraction of sp³-hybridized carbons (Fsp3) is 0.867. The maximum absolute atomic E-state index is 4.43. The molecule has 1 fully saturated rings. The highest BCUT2D eigenvalue weighted by Gasteiger charge is 2.29. The van der Waals surface area contributed by atoms with Crippen LogP contribution in [0.5, 0.6) is 0 Å². The number of hydrogen-bond donors (Lipinski definition) is 1. The van der Waals surface area contributed by atoms with Gasteiger partial charge < -0.3 is 5.32 Å². The maximum atomic E-state index is 4.43. The van der Waals surface area contributed by atoms with E-state index in [2.05, 4.69) is 43.1 Å². The van der Waals surface area contributed by atoms with Crippen LogP contribution in [-0.4, -0.2) is 26.8 Å².